The molecule has 1 aliphatic rings. The molecule has 8 heteroatoms. The third-order valence-corrected chi connectivity index (χ3v) is 4.60. The molecule has 2 atom stereocenters. The van der Waals surface area contributed by atoms with E-state index >= 15 is 0 Å². The maximum Gasteiger partial charge on any atom is 0.223 e. The molecule has 1 N–H and O–H groups in total. The average molecular weight is 354 g/mol. The van der Waals surface area contributed by atoms with Crippen molar-refractivity contribution in [2.45, 2.75) is 12.5 Å². The highest BCUT2D eigenvalue weighted by molar-refractivity contribution is 5.79. The van der Waals surface area contributed by atoms with Gasteiger partial charge >= 0.3 is 0 Å². The second kappa shape index (κ2) is 7.97. The van der Waals surface area contributed by atoms with Crippen LogP contribution in [0.4, 0.5) is 5.82 Å². The molecule has 2 aromatic heterocycles. The molecule has 0 bridgehead atoms. The van der Waals surface area contributed by atoms with Gasteiger partial charge in [-0.2, -0.15) is 10.4 Å². The van der Waals surface area contributed by atoms with E-state index < -0.39 is 0 Å². The molecule has 1 aliphatic heterocycles. The van der Waals surface area contributed by atoms with Crippen LogP contribution in [0.15, 0.2) is 30.7 Å². The van der Waals surface area contributed by atoms with E-state index in [2.05, 4.69) is 21.5 Å². The Morgan fingerprint density at radius 1 is 1.50 bits per heavy atom. The number of amides is 1. The van der Waals surface area contributed by atoms with Gasteiger partial charge in [-0.05, 0) is 12.1 Å². The van der Waals surface area contributed by atoms with E-state index in [9.17, 15) is 10.1 Å². The largest absolute Gasteiger partial charge is 0.383 e. The Hall–Kier alpha value is -2.92. The number of nitrogens with zero attached hydrogens (tertiary/aromatic N) is 5. The molecular formula is C18H22N6O2. The number of carbonyl (C=O) groups is 1. The lowest BCUT2D eigenvalue weighted by Gasteiger charge is -2.27. The summed E-state index contributed by atoms with van der Waals surface area (Å²) in [6, 6.07) is 5.51. The topological polar surface area (TPSA) is 96.1 Å². The fourth-order valence-corrected chi connectivity index (χ4v) is 3.41. The van der Waals surface area contributed by atoms with Gasteiger partial charge in [0.2, 0.25) is 5.91 Å². The fourth-order valence-electron chi connectivity index (χ4n) is 3.41. The van der Waals surface area contributed by atoms with Crippen LogP contribution in [-0.2, 0) is 16.6 Å². The van der Waals surface area contributed by atoms with Gasteiger partial charge in [0.25, 0.3) is 0 Å². The van der Waals surface area contributed by atoms with Crippen LogP contribution in [0.3, 0.4) is 0 Å². The summed E-state index contributed by atoms with van der Waals surface area (Å²) in [4.78, 5) is 18.7. The molecule has 1 amide bonds. The minimum Gasteiger partial charge on any atom is -0.383 e. The molecule has 1 saturated heterocycles. The second-order valence-electron chi connectivity index (χ2n) is 6.33. The Bertz CT molecular complexity index is 812. The molecule has 0 unspecified atom stereocenters. The zero-order valence-corrected chi connectivity index (χ0v) is 14.9. The van der Waals surface area contributed by atoms with Gasteiger partial charge in [0.05, 0.1) is 24.4 Å². The number of hydrogen-bond donors (Lipinski definition) is 1. The van der Waals surface area contributed by atoms with Crippen molar-refractivity contribution in [3.05, 3.63) is 41.9 Å². The number of aryl methyl sites for hydroxylation is 1. The quantitative estimate of drug-likeness (QED) is 0.806. The van der Waals surface area contributed by atoms with Crippen LogP contribution in [0.25, 0.3) is 0 Å². The summed E-state index contributed by atoms with van der Waals surface area (Å²) in [5, 5.41) is 16.7. The predicted octanol–water partition coefficient (Wildman–Crippen LogP) is 1.33. The van der Waals surface area contributed by atoms with Gasteiger partial charge in [0, 0.05) is 57.5 Å². The summed E-state index contributed by atoms with van der Waals surface area (Å²) >= 11 is 0. The lowest BCUT2D eigenvalue weighted by Crippen LogP contribution is -2.33. The number of aromatic nitrogens is 3. The first-order chi connectivity index (χ1) is 12.6. The molecule has 0 saturated carbocycles. The van der Waals surface area contributed by atoms with Crippen molar-refractivity contribution in [1.82, 2.24) is 19.7 Å². The number of rotatable bonds is 7. The highest BCUT2D eigenvalue weighted by Crippen LogP contribution is 2.37. The summed E-state index contributed by atoms with van der Waals surface area (Å²) in [6.45, 7) is 1.57. The molecule has 1 fully saturated rings. The Morgan fingerprint density at radius 3 is 3.04 bits per heavy atom. The van der Waals surface area contributed by atoms with Gasteiger partial charge < -0.3 is 15.0 Å². The fraction of sp³-hybridized carbons (Fsp3) is 0.444. The van der Waals surface area contributed by atoms with Crippen LogP contribution in [0.1, 0.15) is 23.6 Å². The van der Waals surface area contributed by atoms with E-state index in [0.29, 0.717) is 37.5 Å². The van der Waals surface area contributed by atoms with E-state index in [1.165, 1.54) is 0 Å². The molecular weight excluding hydrogens is 332 g/mol. The maximum absolute atomic E-state index is 12.6. The van der Waals surface area contributed by atoms with Gasteiger partial charge in [-0.1, -0.05) is 0 Å². The van der Waals surface area contributed by atoms with Crippen LogP contribution in [0.2, 0.25) is 0 Å². The molecule has 0 radical (unpaired) electrons. The Labute approximate surface area is 152 Å². The van der Waals surface area contributed by atoms with Gasteiger partial charge in [-0.3, -0.25) is 9.48 Å². The Morgan fingerprint density at radius 2 is 2.35 bits per heavy atom. The standard InChI is InChI=1S/C18H22N6O2/c1-23-12-15(11-22-23)17-14(8-16(25)24(17)6-7-26-2)10-21-18-13(9-19)4-3-5-20-18/h3-5,11-12,14,17H,6-8,10H2,1-2H3,(H,20,21)/t14-,17+/m0/s1. The third kappa shape index (κ3) is 3.68. The van der Waals surface area contributed by atoms with Gasteiger partial charge in [-0.25, -0.2) is 4.98 Å². The first kappa shape index (κ1) is 17.9. The average Bonchev–Trinajstić information content (AvgIpc) is 3.21. The van der Waals surface area contributed by atoms with E-state index in [1.807, 2.05) is 18.1 Å². The summed E-state index contributed by atoms with van der Waals surface area (Å²) in [7, 11) is 3.49. The molecule has 26 heavy (non-hydrogen) atoms. The summed E-state index contributed by atoms with van der Waals surface area (Å²) in [5.74, 6) is 0.698. The van der Waals surface area contributed by atoms with Crippen LogP contribution in [-0.4, -0.2) is 52.4 Å². The molecule has 0 aromatic carbocycles. The van der Waals surface area contributed by atoms with Crippen molar-refractivity contribution in [2.75, 3.05) is 32.1 Å². The van der Waals surface area contributed by atoms with E-state index in [-0.39, 0.29) is 17.9 Å². The zero-order valence-electron chi connectivity index (χ0n) is 14.9. The second-order valence-corrected chi connectivity index (χ2v) is 6.33. The summed E-state index contributed by atoms with van der Waals surface area (Å²) < 4.78 is 6.90. The molecule has 3 rings (SSSR count). The number of anilines is 1. The smallest absolute Gasteiger partial charge is 0.223 e. The SMILES string of the molecule is COCCN1C(=O)C[C@@H](CNc2ncccc2C#N)[C@@H]1c1cnn(C)c1. The maximum atomic E-state index is 12.6. The minimum absolute atomic E-state index is 0.0529. The van der Waals surface area contributed by atoms with Crippen LogP contribution < -0.4 is 5.32 Å². The number of nitriles is 1. The summed E-state index contributed by atoms with van der Waals surface area (Å²) in [6.07, 6.45) is 5.83. The lowest BCUT2D eigenvalue weighted by molar-refractivity contribution is -0.129. The highest BCUT2D eigenvalue weighted by atomic mass is 16.5. The predicted molar refractivity (Wildman–Crippen MR) is 95.1 cm³/mol. The molecule has 0 aliphatic carbocycles. The zero-order chi connectivity index (χ0) is 18.5. The van der Waals surface area contributed by atoms with Crippen LogP contribution in [0.5, 0.6) is 0 Å². The van der Waals surface area contributed by atoms with Crippen molar-refractivity contribution in [3.63, 3.8) is 0 Å². The molecule has 2 aromatic rings. The van der Waals surface area contributed by atoms with Crippen molar-refractivity contribution in [1.29, 1.82) is 5.26 Å². The van der Waals surface area contributed by atoms with Gasteiger partial charge in [0.1, 0.15) is 11.9 Å². The molecule has 8 nitrogen and oxygen atoms in total. The summed E-state index contributed by atoms with van der Waals surface area (Å²) in [5.41, 5.74) is 1.49. The van der Waals surface area contributed by atoms with Crippen LogP contribution in [0, 0.1) is 17.2 Å². The normalized spacial score (nSPS) is 19.6. The van der Waals surface area contributed by atoms with Crippen LogP contribution >= 0.6 is 0 Å². The number of ether oxygens (including phenoxy) is 1. The first-order valence-corrected chi connectivity index (χ1v) is 8.50. The van der Waals surface area contributed by atoms with Crippen molar-refractivity contribution >= 4 is 11.7 Å². The monoisotopic (exact) mass is 354 g/mol. The van der Waals surface area contributed by atoms with Gasteiger partial charge in [0.15, 0.2) is 0 Å². The van der Waals surface area contributed by atoms with Crippen molar-refractivity contribution < 1.29 is 9.53 Å². The lowest BCUT2D eigenvalue weighted by atomic mass is 9.95. The minimum atomic E-state index is -0.0758. The number of pyridine rings is 1. The third-order valence-electron chi connectivity index (χ3n) is 4.60. The van der Waals surface area contributed by atoms with Gasteiger partial charge in [-0.15, -0.1) is 0 Å². The van der Waals surface area contributed by atoms with E-state index in [1.54, 1.807) is 36.3 Å². The van der Waals surface area contributed by atoms with E-state index in [0.717, 1.165) is 5.56 Å². The number of methoxy groups -OCH3 is 1. The molecule has 0 spiro atoms. The van der Waals surface area contributed by atoms with Crippen molar-refractivity contribution in [2.24, 2.45) is 13.0 Å². The number of hydrogen-bond acceptors (Lipinski definition) is 6. The molecule has 3 heterocycles. The Kier molecular flexibility index (Phi) is 5.49. The number of nitrogens with one attached hydrogen (secondary N) is 1. The number of carbonyl (C=O) groups excluding carboxylic acids is 1. The highest BCUT2D eigenvalue weighted by Gasteiger charge is 2.40. The van der Waals surface area contributed by atoms with Crippen molar-refractivity contribution in [3.8, 4) is 6.07 Å². The number of likely N-dealkylation sites (tertiary alicyclic amines) is 1. The Balaban J connectivity index is 1.80. The van der Waals surface area contributed by atoms with E-state index in [4.69, 9.17) is 4.74 Å². The first-order valence-electron chi connectivity index (χ1n) is 8.50. The molecule has 136 valence electrons.